The highest BCUT2D eigenvalue weighted by molar-refractivity contribution is 6.42. The molecule has 0 N–H and O–H groups in total. The summed E-state index contributed by atoms with van der Waals surface area (Å²) in [5.74, 6) is 0.0569. The van der Waals surface area contributed by atoms with Gasteiger partial charge in [0.2, 0.25) is 5.91 Å². The Morgan fingerprint density at radius 3 is 2.54 bits per heavy atom. The number of carbonyl (C=O) groups excluding carboxylic acids is 1. The van der Waals surface area contributed by atoms with E-state index >= 15 is 0 Å². The number of methoxy groups -OCH3 is 1. The Balaban J connectivity index is 2.04. The molecule has 4 nitrogen and oxygen atoms in total. The third-order valence-electron chi connectivity index (χ3n) is 4.79. The molecule has 134 valence electrons. The first-order chi connectivity index (χ1) is 11.4. The van der Waals surface area contributed by atoms with Gasteiger partial charge in [0.25, 0.3) is 0 Å². The zero-order valence-electron chi connectivity index (χ0n) is 14.6. The van der Waals surface area contributed by atoms with Crippen molar-refractivity contribution < 1.29 is 9.53 Å². The number of benzene rings is 1. The van der Waals surface area contributed by atoms with Crippen LogP contribution in [-0.2, 0) is 16.0 Å². The third kappa shape index (κ3) is 5.09. The summed E-state index contributed by atoms with van der Waals surface area (Å²) in [5.41, 5.74) is 0.867. The van der Waals surface area contributed by atoms with Crippen molar-refractivity contribution >= 4 is 29.1 Å². The molecule has 1 aromatic carbocycles. The number of hydrogen-bond acceptors (Lipinski definition) is 3. The van der Waals surface area contributed by atoms with E-state index in [0.717, 1.165) is 25.2 Å². The monoisotopic (exact) mass is 372 g/mol. The number of likely N-dealkylation sites (tertiary alicyclic amines) is 1. The maximum Gasteiger partial charge on any atom is 0.227 e. The van der Waals surface area contributed by atoms with E-state index in [-0.39, 0.29) is 18.1 Å². The highest BCUT2D eigenvalue weighted by atomic mass is 35.5. The molecule has 1 aromatic rings. The maximum absolute atomic E-state index is 12.7. The van der Waals surface area contributed by atoms with Crippen LogP contribution in [0.25, 0.3) is 0 Å². The van der Waals surface area contributed by atoms with Gasteiger partial charge in [0, 0.05) is 20.7 Å². The lowest BCUT2D eigenvalue weighted by Crippen LogP contribution is -2.50. The number of hydrogen-bond donors (Lipinski definition) is 0. The molecule has 2 atom stereocenters. The molecular weight excluding hydrogens is 347 g/mol. The Kier molecular flexibility index (Phi) is 7.35. The minimum absolute atomic E-state index is 0.0200. The predicted octanol–water partition coefficient (Wildman–Crippen LogP) is 3.49. The van der Waals surface area contributed by atoms with Crippen LogP contribution in [0.3, 0.4) is 0 Å². The molecule has 1 saturated heterocycles. The van der Waals surface area contributed by atoms with Gasteiger partial charge in [0.15, 0.2) is 0 Å². The van der Waals surface area contributed by atoms with Crippen molar-refractivity contribution in [2.24, 2.45) is 0 Å². The molecule has 2 rings (SSSR count). The van der Waals surface area contributed by atoms with Gasteiger partial charge in [0.05, 0.1) is 28.6 Å². The molecule has 0 saturated carbocycles. The van der Waals surface area contributed by atoms with Gasteiger partial charge in [0.1, 0.15) is 0 Å². The van der Waals surface area contributed by atoms with Crippen LogP contribution in [0.1, 0.15) is 25.3 Å². The fraction of sp³-hybridized carbons (Fsp3) is 0.611. The van der Waals surface area contributed by atoms with Gasteiger partial charge >= 0.3 is 0 Å². The fourth-order valence-electron chi connectivity index (χ4n) is 3.11. The number of rotatable bonds is 7. The maximum atomic E-state index is 12.7. The van der Waals surface area contributed by atoms with Crippen molar-refractivity contribution in [1.29, 1.82) is 0 Å². The number of nitrogens with zero attached hydrogens (tertiary/aromatic N) is 2. The molecule has 0 aliphatic carbocycles. The van der Waals surface area contributed by atoms with Crippen LogP contribution in [0, 0.1) is 0 Å². The highest BCUT2D eigenvalue weighted by Crippen LogP contribution is 2.23. The number of halogens is 2. The van der Waals surface area contributed by atoms with Crippen molar-refractivity contribution in [2.75, 3.05) is 33.8 Å². The van der Waals surface area contributed by atoms with Gasteiger partial charge in [-0.25, -0.2) is 0 Å². The Hall–Kier alpha value is -0.810. The zero-order chi connectivity index (χ0) is 17.7. The number of carbonyl (C=O) groups is 1. The zero-order valence-corrected chi connectivity index (χ0v) is 16.1. The summed E-state index contributed by atoms with van der Waals surface area (Å²) in [5, 5.41) is 0.977. The van der Waals surface area contributed by atoms with Gasteiger partial charge in [-0.3, -0.25) is 4.79 Å². The minimum Gasteiger partial charge on any atom is -0.380 e. The first kappa shape index (κ1) is 19.5. The number of ether oxygens (including phenoxy) is 1. The van der Waals surface area contributed by atoms with E-state index < -0.39 is 0 Å². The van der Waals surface area contributed by atoms with Crippen molar-refractivity contribution in [1.82, 2.24) is 9.80 Å². The van der Waals surface area contributed by atoms with Gasteiger partial charge in [-0.1, -0.05) is 29.3 Å². The summed E-state index contributed by atoms with van der Waals surface area (Å²) in [6, 6.07) is 5.36. The van der Waals surface area contributed by atoms with Gasteiger partial charge in [-0.05, 0) is 50.6 Å². The lowest BCUT2D eigenvalue weighted by atomic mass is 10.1. The molecule has 1 aliphatic rings. The van der Waals surface area contributed by atoms with Crippen molar-refractivity contribution in [3.63, 3.8) is 0 Å². The molecule has 6 heteroatoms. The van der Waals surface area contributed by atoms with E-state index in [2.05, 4.69) is 4.90 Å². The smallest absolute Gasteiger partial charge is 0.227 e. The Bertz CT molecular complexity index is 562. The molecule has 1 fully saturated rings. The molecule has 1 heterocycles. The number of amides is 1. The van der Waals surface area contributed by atoms with Gasteiger partial charge in [-0.2, -0.15) is 0 Å². The summed E-state index contributed by atoms with van der Waals surface area (Å²) in [7, 11) is 3.55. The summed E-state index contributed by atoms with van der Waals surface area (Å²) < 4.78 is 5.52. The van der Waals surface area contributed by atoms with Crippen molar-refractivity contribution in [3.05, 3.63) is 33.8 Å². The summed E-state index contributed by atoms with van der Waals surface area (Å²) >= 11 is 12.0. The molecular formula is C18H26Cl2N2O2. The summed E-state index contributed by atoms with van der Waals surface area (Å²) in [6.07, 6.45) is 2.75. The van der Waals surface area contributed by atoms with Crippen molar-refractivity contribution in [3.8, 4) is 0 Å². The van der Waals surface area contributed by atoms with Crippen LogP contribution in [0.15, 0.2) is 18.2 Å². The van der Waals surface area contributed by atoms with E-state index in [9.17, 15) is 4.79 Å². The normalized spacial score (nSPS) is 17.7. The minimum atomic E-state index is -0.0200. The average Bonchev–Trinajstić information content (AvgIpc) is 3.07. The van der Waals surface area contributed by atoms with E-state index in [0.29, 0.717) is 16.5 Å². The Labute approximate surface area is 154 Å². The van der Waals surface area contributed by atoms with Crippen molar-refractivity contribution in [2.45, 2.75) is 38.3 Å². The van der Waals surface area contributed by atoms with Crippen LogP contribution in [0.5, 0.6) is 0 Å². The number of likely N-dealkylation sites (N-methyl/N-ethyl adjacent to an activating group) is 1. The average molecular weight is 373 g/mol. The van der Waals surface area contributed by atoms with Crippen LogP contribution in [-0.4, -0.2) is 61.6 Å². The van der Waals surface area contributed by atoms with Crippen LogP contribution in [0.4, 0.5) is 0 Å². The quantitative estimate of drug-likeness (QED) is 0.734. The second-order valence-electron chi connectivity index (χ2n) is 6.45. The molecule has 0 spiro atoms. The third-order valence-corrected chi connectivity index (χ3v) is 5.53. The first-order valence-electron chi connectivity index (χ1n) is 8.37. The molecule has 1 aliphatic heterocycles. The second-order valence-corrected chi connectivity index (χ2v) is 7.26. The van der Waals surface area contributed by atoms with Crippen LogP contribution >= 0.6 is 23.2 Å². The van der Waals surface area contributed by atoms with Gasteiger partial charge < -0.3 is 14.5 Å². The SMILES string of the molecule is COC(C)C(CN1CCCC1)N(C)C(=O)Cc1ccc(Cl)c(Cl)c1. The van der Waals surface area contributed by atoms with E-state index in [4.69, 9.17) is 27.9 Å². The first-order valence-corrected chi connectivity index (χ1v) is 9.12. The summed E-state index contributed by atoms with van der Waals surface area (Å²) in [4.78, 5) is 16.9. The largest absolute Gasteiger partial charge is 0.380 e. The lowest BCUT2D eigenvalue weighted by molar-refractivity contribution is -0.134. The lowest BCUT2D eigenvalue weighted by Gasteiger charge is -2.35. The molecule has 0 radical (unpaired) electrons. The topological polar surface area (TPSA) is 32.8 Å². The Morgan fingerprint density at radius 1 is 1.29 bits per heavy atom. The van der Waals surface area contributed by atoms with Gasteiger partial charge in [-0.15, -0.1) is 0 Å². The fourth-order valence-corrected chi connectivity index (χ4v) is 3.43. The molecule has 0 bridgehead atoms. The summed E-state index contributed by atoms with van der Waals surface area (Å²) in [6.45, 7) is 5.06. The standard InChI is InChI=1S/C18H26Cl2N2O2/c1-13(24-3)17(12-22-8-4-5-9-22)21(2)18(23)11-14-6-7-15(19)16(20)10-14/h6-7,10,13,17H,4-5,8-9,11-12H2,1-3H3. The second kappa shape index (κ2) is 9.04. The van der Waals surface area contributed by atoms with Crippen LogP contribution in [0.2, 0.25) is 10.0 Å². The van der Waals surface area contributed by atoms with E-state index in [1.807, 2.05) is 24.9 Å². The van der Waals surface area contributed by atoms with Crippen LogP contribution < -0.4 is 0 Å². The molecule has 0 aromatic heterocycles. The highest BCUT2D eigenvalue weighted by Gasteiger charge is 2.28. The molecule has 1 amide bonds. The van der Waals surface area contributed by atoms with E-state index in [1.165, 1.54) is 12.8 Å². The molecule has 2 unspecified atom stereocenters. The van der Waals surface area contributed by atoms with E-state index in [1.54, 1.807) is 19.2 Å². The Morgan fingerprint density at radius 2 is 1.96 bits per heavy atom. The predicted molar refractivity (Wildman–Crippen MR) is 98.9 cm³/mol. The molecule has 24 heavy (non-hydrogen) atoms.